The van der Waals surface area contributed by atoms with Gasteiger partial charge < -0.3 is 39.4 Å². The number of likely N-dealkylation sites (N-methyl/N-ethyl adjacent to an activating group) is 2. The number of nitrogens with one attached hydrogen (secondary N) is 2. The molecule has 4 rings (SSSR count). The Bertz CT molecular complexity index is 2350. The Morgan fingerprint density at radius 2 is 1.37 bits per heavy atom. The maximum absolute atomic E-state index is 14.7. The molecule has 3 aliphatic heterocycles. The fourth-order valence-electron chi connectivity index (χ4n) is 9.96. The third kappa shape index (κ3) is 17.3. The molecule has 9 atom stereocenters. The maximum atomic E-state index is 14.7. The molecule has 1 aromatic rings. The highest BCUT2D eigenvalue weighted by Crippen LogP contribution is 2.30. The van der Waals surface area contributed by atoms with E-state index in [1.54, 1.807) is 72.2 Å². The van der Waals surface area contributed by atoms with Crippen molar-refractivity contribution in [1.29, 1.82) is 0 Å². The highest BCUT2D eigenvalue weighted by molar-refractivity contribution is 6.13. The Labute approximate surface area is 459 Å². The van der Waals surface area contributed by atoms with Crippen LogP contribution < -0.4 is 10.6 Å². The summed E-state index contributed by atoms with van der Waals surface area (Å²) in [6.07, 6.45) is 4.99. The van der Waals surface area contributed by atoms with E-state index < -0.39 is 126 Å². The van der Waals surface area contributed by atoms with Crippen molar-refractivity contribution < 1.29 is 71.5 Å². The molecule has 21 nitrogen and oxygen atoms in total. The standard InChI is InChI=1S/C57H83N7O14/c1-15-36(6)51(43(75-13)29-48(69)62-27-19-22-42(62)52(76-14)37(7)53(71)58-41(56(74)78-57(8,9)10)28-38-20-17-16-18-21-38)61(12)55(73)50(35(4)5)59-54(72)40(34(2)3)32-60(11)49(70)33-77-39(30-63-44(65)23-24-45(63)66)31-64-46(67)25-26-47(64)68/h16-18,20-21,23-26,32,34-37,39-43,50-52H,15,19,22,27-31,33H2,1-14H3,(H-,58,59,71,72)/p+1. The van der Waals surface area contributed by atoms with Crippen LogP contribution in [0.25, 0.3) is 0 Å². The van der Waals surface area contributed by atoms with E-state index in [2.05, 4.69) is 10.6 Å². The number of amides is 9. The Hall–Kier alpha value is -6.45. The van der Waals surface area contributed by atoms with Crippen LogP contribution in [0.1, 0.15) is 100 Å². The van der Waals surface area contributed by atoms with Gasteiger partial charge in [0.05, 0.1) is 55.8 Å². The Morgan fingerprint density at radius 1 is 0.808 bits per heavy atom. The summed E-state index contributed by atoms with van der Waals surface area (Å²) in [6.45, 7) is 17.2. The lowest BCUT2D eigenvalue weighted by atomic mass is 9.89. The minimum absolute atomic E-state index is 0.111. The second kappa shape index (κ2) is 29.0. The summed E-state index contributed by atoms with van der Waals surface area (Å²) in [7, 11) is 6.04. The van der Waals surface area contributed by atoms with E-state index in [9.17, 15) is 47.9 Å². The van der Waals surface area contributed by atoms with Crippen LogP contribution in [0.4, 0.5) is 0 Å². The van der Waals surface area contributed by atoms with Crippen molar-refractivity contribution in [3.8, 4) is 0 Å². The smallest absolute Gasteiger partial charge is 0.412 e. The molecule has 0 saturated carbocycles. The quantitative estimate of drug-likeness (QED) is 0.0531. The van der Waals surface area contributed by atoms with Gasteiger partial charge in [-0.2, -0.15) is 4.58 Å². The first-order valence-electron chi connectivity index (χ1n) is 26.9. The number of hydrogen-bond donors (Lipinski definition) is 2. The Morgan fingerprint density at radius 3 is 1.86 bits per heavy atom. The van der Waals surface area contributed by atoms with Gasteiger partial charge in [-0.05, 0) is 56.9 Å². The second-order valence-electron chi connectivity index (χ2n) is 22.2. The van der Waals surface area contributed by atoms with Gasteiger partial charge in [0, 0.05) is 58.5 Å². The van der Waals surface area contributed by atoms with E-state index in [-0.39, 0.29) is 43.7 Å². The molecule has 0 aliphatic carbocycles. The average molecular weight is 1090 g/mol. The number of benzene rings is 1. The lowest BCUT2D eigenvalue weighted by Crippen LogP contribution is -2.58. The van der Waals surface area contributed by atoms with E-state index in [1.807, 2.05) is 44.2 Å². The summed E-state index contributed by atoms with van der Waals surface area (Å²) in [4.78, 5) is 139. The van der Waals surface area contributed by atoms with Crippen molar-refractivity contribution in [1.82, 2.24) is 30.2 Å². The van der Waals surface area contributed by atoms with Crippen LogP contribution in [-0.2, 0) is 73.3 Å². The third-order valence-electron chi connectivity index (χ3n) is 14.6. The monoisotopic (exact) mass is 1090 g/mol. The topological polar surface area (TPSA) is 248 Å². The number of imide groups is 2. The van der Waals surface area contributed by atoms with Crippen molar-refractivity contribution in [2.45, 2.75) is 149 Å². The molecule has 1 saturated heterocycles. The zero-order chi connectivity index (χ0) is 58.3. The highest BCUT2D eigenvalue weighted by atomic mass is 16.6. The summed E-state index contributed by atoms with van der Waals surface area (Å²) in [6, 6.07) is 6.16. The molecule has 2 N–H and O–H groups in total. The summed E-state index contributed by atoms with van der Waals surface area (Å²) in [5, 5.41) is 5.85. The molecule has 430 valence electrons. The molecule has 3 heterocycles. The van der Waals surface area contributed by atoms with Gasteiger partial charge >= 0.3 is 11.9 Å². The van der Waals surface area contributed by atoms with Crippen LogP contribution in [-0.4, -0.2) is 192 Å². The molecule has 21 heteroatoms. The predicted octanol–water partition coefficient (Wildman–Crippen LogP) is 2.86. The molecule has 78 heavy (non-hydrogen) atoms. The Kier molecular flexibility index (Phi) is 23.8. The van der Waals surface area contributed by atoms with E-state index in [0.29, 0.717) is 25.8 Å². The molecule has 1 aromatic carbocycles. The van der Waals surface area contributed by atoms with Gasteiger partial charge in [-0.3, -0.25) is 48.2 Å². The zero-order valence-electron chi connectivity index (χ0n) is 48.0. The molecule has 9 unspecified atom stereocenters. The van der Waals surface area contributed by atoms with Crippen LogP contribution in [0.3, 0.4) is 0 Å². The summed E-state index contributed by atoms with van der Waals surface area (Å²) in [5.41, 5.74) is 0.0457. The summed E-state index contributed by atoms with van der Waals surface area (Å²) in [5.74, 6) is -7.99. The largest absolute Gasteiger partial charge is 0.458 e. The number of likely N-dealkylation sites (tertiary alicyclic amines) is 1. The lowest BCUT2D eigenvalue weighted by Gasteiger charge is -2.41. The van der Waals surface area contributed by atoms with Crippen molar-refractivity contribution in [3.05, 3.63) is 60.2 Å². The highest BCUT2D eigenvalue weighted by Gasteiger charge is 2.44. The van der Waals surface area contributed by atoms with E-state index in [0.717, 1.165) is 39.7 Å². The number of ether oxygens (including phenoxy) is 4. The fourth-order valence-corrected chi connectivity index (χ4v) is 9.96. The zero-order valence-corrected chi connectivity index (χ0v) is 48.0. The van der Waals surface area contributed by atoms with Crippen LogP contribution in [0.5, 0.6) is 0 Å². The molecule has 1 fully saturated rings. The molecular formula is C57H84N7O14+. The van der Waals surface area contributed by atoms with E-state index in [4.69, 9.17) is 18.9 Å². The van der Waals surface area contributed by atoms with Crippen LogP contribution in [0.2, 0.25) is 0 Å². The first-order chi connectivity index (χ1) is 36.6. The third-order valence-corrected chi connectivity index (χ3v) is 14.6. The fraction of sp³-hybridized carbons (Fsp3) is 0.632. The van der Waals surface area contributed by atoms with Gasteiger partial charge in [0.1, 0.15) is 30.7 Å². The van der Waals surface area contributed by atoms with Crippen molar-refractivity contribution in [2.24, 2.45) is 29.6 Å². The van der Waals surface area contributed by atoms with Crippen molar-refractivity contribution in [2.75, 3.05) is 54.6 Å². The summed E-state index contributed by atoms with van der Waals surface area (Å²) < 4.78 is 24.8. The summed E-state index contributed by atoms with van der Waals surface area (Å²) >= 11 is 0. The predicted molar refractivity (Wildman–Crippen MR) is 288 cm³/mol. The molecule has 3 aliphatic rings. The van der Waals surface area contributed by atoms with E-state index >= 15 is 0 Å². The minimum Gasteiger partial charge on any atom is -0.458 e. The van der Waals surface area contributed by atoms with Gasteiger partial charge in [-0.1, -0.05) is 85.2 Å². The SMILES string of the molecule is CCC(C)C(C(CC(=O)N1CCCC1C(OC)C(C)C(=O)NC(Cc1ccccc1)C(=O)OC(C)(C)C)OC)N(C)C(=O)C(NC(=O)C(C=[N+](C)C(=O)COC(CN1C(=O)C=CC1=O)CN1C(=O)C=CC1=O)C(C)C)C(C)C. The molecule has 0 spiro atoms. The van der Waals surface area contributed by atoms with Crippen molar-refractivity contribution in [3.63, 3.8) is 0 Å². The number of nitrogens with zero attached hydrogens (tertiary/aromatic N) is 5. The van der Waals surface area contributed by atoms with Gasteiger partial charge in [0.25, 0.3) is 23.6 Å². The molecular weight excluding hydrogens is 1010 g/mol. The number of rotatable bonds is 28. The first-order valence-corrected chi connectivity index (χ1v) is 26.9. The molecule has 9 amide bonds. The molecule has 0 radical (unpaired) electrons. The average Bonchev–Trinajstić information content (AvgIpc) is 4.10. The number of carbonyl (C=O) groups excluding carboxylic acids is 10. The van der Waals surface area contributed by atoms with Crippen LogP contribution in [0.15, 0.2) is 54.6 Å². The van der Waals surface area contributed by atoms with Gasteiger partial charge in [0.2, 0.25) is 23.6 Å². The van der Waals surface area contributed by atoms with Gasteiger partial charge in [-0.15, -0.1) is 0 Å². The maximum Gasteiger partial charge on any atom is 0.412 e. The minimum atomic E-state index is -1.12. The molecule has 0 aromatic heterocycles. The van der Waals surface area contributed by atoms with Crippen LogP contribution in [0, 0.1) is 29.6 Å². The number of hydrogen-bond acceptors (Lipinski definition) is 14. The number of carbonyl (C=O) groups is 10. The lowest BCUT2D eigenvalue weighted by molar-refractivity contribution is -0.419. The van der Waals surface area contributed by atoms with Gasteiger partial charge in [-0.25, -0.2) is 9.59 Å². The second-order valence-corrected chi connectivity index (χ2v) is 22.2. The number of esters is 1. The van der Waals surface area contributed by atoms with Gasteiger partial charge in [0.15, 0.2) is 12.8 Å². The normalized spacial score (nSPS) is 19.1. The first kappa shape index (κ1) is 64.1. The number of methoxy groups -OCH3 is 2. The Balaban J connectivity index is 1.48. The van der Waals surface area contributed by atoms with E-state index in [1.165, 1.54) is 32.1 Å². The molecule has 0 bridgehead atoms. The van der Waals surface area contributed by atoms with Crippen molar-refractivity contribution >= 4 is 65.3 Å². The van der Waals surface area contributed by atoms with Crippen LogP contribution >= 0.6 is 0 Å².